The molecule has 0 aliphatic rings. The number of rotatable bonds is 5. The maximum Gasteiger partial charge on any atom is 0.303 e. The van der Waals surface area contributed by atoms with E-state index in [4.69, 9.17) is 16.7 Å². The Hall–Kier alpha value is -1.09. The monoisotopic (exact) mass is 230 g/mol. The number of hydrogen-bond acceptors (Lipinski definition) is 1. The van der Waals surface area contributed by atoms with Gasteiger partial charge in [-0.15, -0.1) is 0 Å². The third-order valence-corrected chi connectivity index (χ3v) is 2.33. The molecule has 82 valence electrons. The molecule has 1 N–H and O–H groups in total. The highest BCUT2D eigenvalue weighted by Crippen LogP contribution is 2.17. The fourth-order valence-electron chi connectivity index (χ4n) is 1.33. The maximum absolute atomic E-state index is 13.2. The quantitative estimate of drug-likeness (QED) is 0.789. The standard InChI is InChI=1S/C11H12ClFO2/c12-9-5-6-10(13)8(7-9)3-1-2-4-11(14)15/h5-7H,1-4H2,(H,14,15). The van der Waals surface area contributed by atoms with Crippen LogP contribution in [0.15, 0.2) is 18.2 Å². The van der Waals surface area contributed by atoms with Crippen LogP contribution in [0, 0.1) is 5.82 Å². The van der Waals surface area contributed by atoms with Gasteiger partial charge in [0.2, 0.25) is 0 Å². The second-order valence-electron chi connectivity index (χ2n) is 3.34. The van der Waals surface area contributed by atoms with Crippen LogP contribution in [-0.2, 0) is 11.2 Å². The zero-order valence-corrected chi connectivity index (χ0v) is 8.93. The summed E-state index contributed by atoms with van der Waals surface area (Å²) in [5, 5.41) is 8.92. The van der Waals surface area contributed by atoms with Crippen molar-refractivity contribution >= 4 is 17.6 Å². The first-order valence-electron chi connectivity index (χ1n) is 4.75. The molecular weight excluding hydrogens is 219 g/mol. The molecule has 0 aliphatic heterocycles. The molecule has 0 aromatic heterocycles. The van der Waals surface area contributed by atoms with Gasteiger partial charge in [0.25, 0.3) is 0 Å². The molecule has 1 aromatic rings. The fraction of sp³-hybridized carbons (Fsp3) is 0.364. The Kier molecular flexibility index (Phi) is 4.56. The molecule has 2 nitrogen and oxygen atoms in total. The lowest BCUT2D eigenvalue weighted by Gasteiger charge is -2.02. The Morgan fingerprint density at radius 2 is 2.13 bits per heavy atom. The molecule has 15 heavy (non-hydrogen) atoms. The number of aliphatic carboxylic acids is 1. The number of carboxylic acid groups (broad SMARTS) is 1. The lowest BCUT2D eigenvalue weighted by atomic mass is 10.1. The minimum absolute atomic E-state index is 0.127. The largest absolute Gasteiger partial charge is 0.481 e. The smallest absolute Gasteiger partial charge is 0.303 e. The van der Waals surface area contributed by atoms with Gasteiger partial charge >= 0.3 is 5.97 Å². The highest BCUT2D eigenvalue weighted by atomic mass is 35.5. The molecule has 0 saturated carbocycles. The molecule has 0 bridgehead atoms. The van der Waals surface area contributed by atoms with E-state index < -0.39 is 5.97 Å². The number of carbonyl (C=O) groups is 1. The average Bonchev–Trinajstić information content (AvgIpc) is 2.17. The van der Waals surface area contributed by atoms with E-state index in [1.54, 1.807) is 6.07 Å². The van der Waals surface area contributed by atoms with Gasteiger partial charge in [-0.2, -0.15) is 0 Å². The third kappa shape index (κ3) is 4.30. The predicted molar refractivity (Wildman–Crippen MR) is 56.6 cm³/mol. The summed E-state index contributed by atoms with van der Waals surface area (Å²) in [6.07, 6.45) is 1.87. The van der Waals surface area contributed by atoms with Crippen molar-refractivity contribution in [3.8, 4) is 0 Å². The molecule has 4 heteroatoms. The van der Waals surface area contributed by atoms with Crippen molar-refractivity contribution in [1.29, 1.82) is 0 Å². The van der Waals surface area contributed by atoms with Crippen LogP contribution in [0.5, 0.6) is 0 Å². The molecule has 0 atom stereocenters. The maximum atomic E-state index is 13.2. The van der Waals surface area contributed by atoms with Crippen molar-refractivity contribution < 1.29 is 14.3 Å². The van der Waals surface area contributed by atoms with E-state index >= 15 is 0 Å². The van der Waals surface area contributed by atoms with Crippen LogP contribution in [0.2, 0.25) is 5.02 Å². The van der Waals surface area contributed by atoms with E-state index in [1.807, 2.05) is 0 Å². The van der Waals surface area contributed by atoms with E-state index in [9.17, 15) is 9.18 Å². The summed E-state index contributed by atoms with van der Waals surface area (Å²) in [6.45, 7) is 0. The predicted octanol–water partition coefficient (Wildman–Crippen LogP) is 3.28. The van der Waals surface area contributed by atoms with Crippen LogP contribution in [0.1, 0.15) is 24.8 Å². The van der Waals surface area contributed by atoms with Gasteiger partial charge in [0.05, 0.1) is 0 Å². The topological polar surface area (TPSA) is 37.3 Å². The first kappa shape index (κ1) is 12.0. The van der Waals surface area contributed by atoms with Gasteiger partial charge in [-0.3, -0.25) is 4.79 Å². The van der Waals surface area contributed by atoms with Gasteiger partial charge in [0, 0.05) is 11.4 Å². The number of halogens is 2. The highest BCUT2D eigenvalue weighted by molar-refractivity contribution is 6.30. The second-order valence-corrected chi connectivity index (χ2v) is 3.77. The van der Waals surface area contributed by atoms with Gasteiger partial charge < -0.3 is 5.11 Å². The van der Waals surface area contributed by atoms with Crippen molar-refractivity contribution in [2.75, 3.05) is 0 Å². The average molecular weight is 231 g/mol. The van der Waals surface area contributed by atoms with Crippen molar-refractivity contribution in [2.24, 2.45) is 0 Å². The van der Waals surface area contributed by atoms with Crippen LogP contribution in [0.25, 0.3) is 0 Å². The van der Waals surface area contributed by atoms with Crippen LogP contribution in [0.3, 0.4) is 0 Å². The molecule has 0 saturated heterocycles. The number of carboxylic acids is 1. The summed E-state index contributed by atoms with van der Waals surface area (Å²) < 4.78 is 13.2. The van der Waals surface area contributed by atoms with Crippen molar-refractivity contribution in [3.05, 3.63) is 34.6 Å². The normalized spacial score (nSPS) is 10.3. The van der Waals surface area contributed by atoms with Gasteiger partial charge in [-0.25, -0.2) is 4.39 Å². The molecule has 0 amide bonds. The van der Waals surface area contributed by atoms with E-state index in [1.165, 1.54) is 12.1 Å². The molecule has 0 aliphatic carbocycles. The van der Waals surface area contributed by atoms with E-state index in [0.29, 0.717) is 29.8 Å². The Morgan fingerprint density at radius 1 is 1.40 bits per heavy atom. The summed E-state index contributed by atoms with van der Waals surface area (Å²) in [4.78, 5) is 10.2. The summed E-state index contributed by atoms with van der Waals surface area (Å²) in [6, 6.07) is 4.41. The number of aryl methyl sites for hydroxylation is 1. The lowest BCUT2D eigenvalue weighted by molar-refractivity contribution is -0.137. The van der Waals surface area contributed by atoms with Crippen molar-refractivity contribution in [1.82, 2.24) is 0 Å². The van der Waals surface area contributed by atoms with Crippen LogP contribution >= 0.6 is 11.6 Å². The van der Waals surface area contributed by atoms with E-state index in [-0.39, 0.29) is 12.2 Å². The van der Waals surface area contributed by atoms with Crippen LogP contribution in [0.4, 0.5) is 4.39 Å². The molecule has 0 radical (unpaired) electrons. The van der Waals surface area contributed by atoms with Gasteiger partial charge in [-0.05, 0) is 43.0 Å². The summed E-state index contributed by atoms with van der Waals surface area (Å²) in [5.41, 5.74) is 0.549. The molecule has 1 aromatic carbocycles. The molecule has 0 fully saturated rings. The van der Waals surface area contributed by atoms with Crippen LogP contribution < -0.4 is 0 Å². The third-order valence-electron chi connectivity index (χ3n) is 2.09. The number of hydrogen-bond donors (Lipinski definition) is 1. The van der Waals surface area contributed by atoms with Gasteiger partial charge in [0.1, 0.15) is 5.82 Å². The SMILES string of the molecule is O=C(O)CCCCc1cc(Cl)ccc1F. The second kappa shape index (κ2) is 5.71. The number of unbranched alkanes of at least 4 members (excludes halogenated alkanes) is 1. The number of benzene rings is 1. The zero-order valence-electron chi connectivity index (χ0n) is 8.17. The summed E-state index contributed by atoms with van der Waals surface area (Å²) in [7, 11) is 0. The van der Waals surface area contributed by atoms with E-state index in [2.05, 4.69) is 0 Å². The molecule has 0 heterocycles. The van der Waals surface area contributed by atoms with Crippen molar-refractivity contribution in [3.63, 3.8) is 0 Å². The van der Waals surface area contributed by atoms with Gasteiger partial charge in [-0.1, -0.05) is 11.6 Å². The van der Waals surface area contributed by atoms with Crippen molar-refractivity contribution in [2.45, 2.75) is 25.7 Å². The Balaban J connectivity index is 2.43. The summed E-state index contributed by atoms with van der Waals surface area (Å²) >= 11 is 5.72. The van der Waals surface area contributed by atoms with Crippen LogP contribution in [-0.4, -0.2) is 11.1 Å². The molecule has 1 rings (SSSR count). The first-order valence-corrected chi connectivity index (χ1v) is 5.13. The highest BCUT2D eigenvalue weighted by Gasteiger charge is 2.03. The van der Waals surface area contributed by atoms with E-state index in [0.717, 1.165) is 0 Å². The Labute approximate surface area is 92.7 Å². The first-order chi connectivity index (χ1) is 7.09. The fourth-order valence-corrected chi connectivity index (χ4v) is 1.52. The zero-order chi connectivity index (χ0) is 11.3. The lowest BCUT2D eigenvalue weighted by Crippen LogP contribution is -1.96. The minimum atomic E-state index is -0.818. The molecule has 0 unspecified atom stereocenters. The Bertz CT molecular complexity index is 352. The Morgan fingerprint density at radius 3 is 2.80 bits per heavy atom. The molecule has 0 spiro atoms. The summed E-state index contributed by atoms with van der Waals surface area (Å²) in [5.74, 6) is -1.10. The van der Waals surface area contributed by atoms with Gasteiger partial charge in [0.15, 0.2) is 0 Å². The molecular formula is C11H12ClFO2. The minimum Gasteiger partial charge on any atom is -0.481 e.